The lowest BCUT2D eigenvalue weighted by Gasteiger charge is -2.19. The van der Waals surface area contributed by atoms with Crippen molar-refractivity contribution in [2.24, 2.45) is 0 Å². The molecule has 0 rings (SSSR count). The molecule has 0 aliphatic heterocycles. The maximum atomic E-state index is 12.4. The molecule has 1 atom stereocenters. The molecule has 0 aliphatic rings. The molecule has 21 heavy (non-hydrogen) atoms. The molecule has 4 heteroatoms. The smallest absolute Gasteiger partial charge is 0.314 e. The first kappa shape index (κ1) is 20.8. The van der Waals surface area contributed by atoms with Gasteiger partial charge in [0.05, 0.1) is 6.42 Å². The van der Waals surface area contributed by atoms with Crippen molar-refractivity contribution in [1.82, 2.24) is 5.32 Å². The zero-order valence-corrected chi connectivity index (χ0v) is 13.9. The maximum Gasteiger partial charge on any atom is 0.390 e. The van der Waals surface area contributed by atoms with Crippen LogP contribution in [-0.2, 0) is 0 Å². The van der Waals surface area contributed by atoms with Crippen LogP contribution in [0.25, 0.3) is 0 Å². The number of rotatable bonds is 14. The third-order valence-corrected chi connectivity index (χ3v) is 3.88. The van der Waals surface area contributed by atoms with Crippen LogP contribution < -0.4 is 5.32 Å². The van der Waals surface area contributed by atoms with Gasteiger partial charge in [0.25, 0.3) is 0 Å². The van der Waals surface area contributed by atoms with E-state index in [9.17, 15) is 13.2 Å². The molecule has 0 spiro atoms. The topological polar surface area (TPSA) is 12.0 Å². The second-order valence-electron chi connectivity index (χ2n) is 6.04. The molecular formula is C17H34F3N. The van der Waals surface area contributed by atoms with Crippen molar-refractivity contribution in [3.63, 3.8) is 0 Å². The number of unbranched alkanes of at least 4 members (excludes halogenated alkanes) is 9. The van der Waals surface area contributed by atoms with E-state index in [-0.39, 0.29) is 0 Å². The average Bonchev–Trinajstić information content (AvgIpc) is 2.39. The summed E-state index contributed by atoms with van der Waals surface area (Å²) in [5.41, 5.74) is 0. The molecule has 1 N–H and O–H groups in total. The van der Waals surface area contributed by atoms with Gasteiger partial charge in [-0.3, -0.25) is 0 Å². The van der Waals surface area contributed by atoms with Gasteiger partial charge in [0.2, 0.25) is 0 Å². The highest BCUT2D eigenvalue weighted by Gasteiger charge is 2.31. The monoisotopic (exact) mass is 309 g/mol. The van der Waals surface area contributed by atoms with E-state index in [1.54, 1.807) is 0 Å². The Kier molecular flexibility index (Phi) is 13.3. The Labute approximate surface area is 129 Å². The van der Waals surface area contributed by atoms with E-state index in [4.69, 9.17) is 0 Å². The SMILES string of the molecule is CCCCCCCCCCCCC(CC(F)(F)F)NCC. The zero-order chi connectivity index (χ0) is 16.0. The molecule has 0 fully saturated rings. The highest BCUT2D eigenvalue weighted by molar-refractivity contribution is 4.70. The number of hydrogen-bond donors (Lipinski definition) is 1. The molecule has 128 valence electrons. The quantitative estimate of drug-likeness (QED) is 0.375. The summed E-state index contributed by atoms with van der Waals surface area (Å²) in [6.45, 7) is 4.69. The minimum Gasteiger partial charge on any atom is -0.314 e. The van der Waals surface area contributed by atoms with Gasteiger partial charge in [0.1, 0.15) is 0 Å². The van der Waals surface area contributed by atoms with Crippen LogP contribution in [0.3, 0.4) is 0 Å². The van der Waals surface area contributed by atoms with E-state index in [0.717, 1.165) is 12.8 Å². The van der Waals surface area contributed by atoms with Crippen LogP contribution in [0.4, 0.5) is 13.2 Å². The molecule has 0 aromatic carbocycles. The molecule has 0 amide bonds. The summed E-state index contributed by atoms with van der Waals surface area (Å²) in [6, 6.07) is -0.399. The molecule has 0 radical (unpaired) electrons. The van der Waals surface area contributed by atoms with Crippen molar-refractivity contribution in [2.75, 3.05) is 6.54 Å². The van der Waals surface area contributed by atoms with Gasteiger partial charge in [0.15, 0.2) is 0 Å². The fourth-order valence-corrected chi connectivity index (χ4v) is 2.72. The van der Waals surface area contributed by atoms with Gasteiger partial charge >= 0.3 is 6.18 Å². The van der Waals surface area contributed by atoms with Gasteiger partial charge in [-0.15, -0.1) is 0 Å². The third-order valence-electron chi connectivity index (χ3n) is 3.88. The van der Waals surface area contributed by atoms with Crippen LogP contribution in [0.2, 0.25) is 0 Å². The first-order valence-corrected chi connectivity index (χ1v) is 8.79. The lowest BCUT2D eigenvalue weighted by Crippen LogP contribution is -2.33. The number of halogens is 3. The predicted octanol–water partition coefficient (Wildman–Crippen LogP) is 6.23. The Morgan fingerprint density at radius 2 is 1.24 bits per heavy atom. The van der Waals surface area contributed by atoms with Crippen LogP contribution in [-0.4, -0.2) is 18.8 Å². The Bertz CT molecular complexity index is 217. The Morgan fingerprint density at radius 3 is 1.67 bits per heavy atom. The normalized spacial score (nSPS) is 13.6. The summed E-state index contributed by atoms with van der Waals surface area (Å²) in [6.07, 6.45) is 8.16. The molecular weight excluding hydrogens is 275 g/mol. The van der Waals surface area contributed by atoms with E-state index in [1.165, 1.54) is 51.4 Å². The van der Waals surface area contributed by atoms with Crippen LogP contribution >= 0.6 is 0 Å². The number of nitrogens with one attached hydrogen (secondary N) is 1. The molecule has 0 aromatic rings. The second-order valence-corrected chi connectivity index (χ2v) is 6.04. The van der Waals surface area contributed by atoms with E-state index < -0.39 is 18.6 Å². The minimum atomic E-state index is -4.05. The van der Waals surface area contributed by atoms with E-state index in [1.807, 2.05) is 6.92 Å². The van der Waals surface area contributed by atoms with Gasteiger partial charge in [-0.05, 0) is 13.0 Å². The lowest BCUT2D eigenvalue weighted by atomic mass is 10.0. The van der Waals surface area contributed by atoms with E-state index in [2.05, 4.69) is 12.2 Å². The average molecular weight is 309 g/mol. The predicted molar refractivity (Wildman–Crippen MR) is 84.6 cm³/mol. The molecule has 0 aromatic heterocycles. The van der Waals surface area contributed by atoms with E-state index in [0.29, 0.717) is 13.0 Å². The van der Waals surface area contributed by atoms with Crippen LogP contribution in [0.15, 0.2) is 0 Å². The summed E-state index contributed by atoms with van der Waals surface area (Å²) in [5, 5.41) is 2.95. The van der Waals surface area contributed by atoms with Crippen LogP contribution in [0.1, 0.15) is 90.9 Å². The van der Waals surface area contributed by atoms with Gasteiger partial charge in [-0.1, -0.05) is 78.1 Å². The summed E-state index contributed by atoms with van der Waals surface area (Å²) < 4.78 is 37.2. The molecule has 1 unspecified atom stereocenters. The van der Waals surface area contributed by atoms with Crippen molar-refractivity contribution in [1.29, 1.82) is 0 Å². The fraction of sp³-hybridized carbons (Fsp3) is 1.00. The molecule has 0 aliphatic carbocycles. The molecule has 1 nitrogen and oxygen atoms in total. The maximum absolute atomic E-state index is 12.4. The summed E-state index contributed by atoms with van der Waals surface area (Å²) >= 11 is 0. The highest BCUT2D eigenvalue weighted by Crippen LogP contribution is 2.24. The Morgan fingerprint density at radius 1 is 0.762 bits per heavy atom. The van der Waals surface area contributed by atoms with Gasteiger partial charge < -0.3 is 5.32 Å². The number of alkyl halides is 3. The molecule has 0 saturated carbocycles. The lowest BCUT2D eigenvalue weighted by molar-refractivity contribution is -0.140. The van der Waals surface area contributed by atoms with Crippen molar-refractivity contribution < 1.29 is 13.2 Å². The summed E-state index contributed by atoms with van der Waals surface area (Å²) in [4.78, 5) is 0. The van der Waals surface area contributed by atoms with Crippen molar-refractivity contribution in [2.45, 2.75) is 103 Å². The highest BCUT2D eigenvalue weighted by atomic mass is 19.4. The van der Waals surface area contributed by atoms with E-state index >= 15 is 0 Å². The minimum absolute atomic E-state index is 0.399. The molecule has 0 saturated heterocycles. The second kappa shape index (κ2) is 13.4. The first-order valence-electron chi connectivity index (χ1n) is 8.79. The zero-order valence-electron chi connectivity index (χ0n) is 13.9. The molecule has 0 bridgehead atoms. The largest absolute Gasteiger partial charge is 0.390 e. The standard InChI is InChI=1S/C17H34F3N/c1-3-5-6-7-8-9-10-11-12-13-14-16(21-4-2)15-17(18,19)20/h16,21H,3-15H2,1-2H3. The summed E-state index contributed by atoms with van der Waals surface area (Å²) in [5.74, 6) is 0. The van der Waals surface area contributed by atoms with Crippen molar-refractivity contribution in [3.05, 3.63) is 0 Å². The van der Waals surface area contributed by atoms with Gasteiger partial charge in [-0.25, -0.2) is 0 Å². The first-order chi connectivity index (χ1) is 9.99. The number of hydrogen-bond acceptors (Lipinski definition) is 1. The Balaban J connectivity index is 3.45. The summed E-state index contributed by atoms with van der Waals surface area (Å²) in [7, 11) is 0. The van der Waals surface area contributed by atoms with Crippen molar-refractivity contribution in [3.8, 4) is 0 Å². The Hall–Kier alpha value is -0.250. The van der Waals surface area contributed by atoms with Crippen LogP contribution in [0, 0.1) is 0 Å². The van der Waals surface area contributed by atoms with Gasteiger partial charge in [-0.2, -0.15) is 13.2 Å². The third kappa shape index (κ3) is 16.0. The molecule has 0 heterocycles. The fourth-order valence-electron chi connectivity index (χ4n) is 2.72. The van der Waals surface area contributed by atoms with Crippen molar-refractivity contribution >= 4 is 0 Å². The van der Waals surface area contributed by atoms with Gasteiger partial charge in [0, 0.05) is 6.04 Å². The van der Waals surface area contributed by atoms with Crippen LogP contribution in [0.5, 0.6) is 0 Å².